The number of benzene rings is 1. The van der Waals surface area contributed by atoms with E-state index < -0.39 is 0 Å². The monoisotopic (exact) mass is 340 g/mol. The van der Waals surface area contributed by atoms with Crippen LogP contribution in [0.2, 0.25) is 0 Å². The van der Waals surface area contributed by atoms with Gasteiger partial charge in [-0.15, -0.1) is 0 Å². The molecule has 5 heteroatoms. The Labute approximate surface area is 148 Å². The first-order chi connectivity index (χ1) is 12.3. The Morgan fingerprint density at radius 3 is 2.80 bits per heavy atom. The van der Waals surface area contributed by atoms with Crippen molar-refractivity contribution in [2.24, 2.45) is 5.92 Å². The Kier molecular flexibility index (Phi) is 4.97. The molecule has 25 heavy (non-hydrogen) atoms. The van der Waals surface area contributed by atoms with Crippen molar-refractivity contribution < 1.29 is 14.2 Å². The standard InChI is InChI=1S/C20H24N2O3/c1-22-9-8-15(13-22)14-25-19-7-3-6-18(21-19)16-4-2-5-17(12-16)20-23-10-11-24-20/h2-7,12,15,20H,8-11,13-14H2,1H3/t15-/m1/s1. The number of hydrogen-bond acceptors (Lipinski definition) is 5. The van der Waals surface area contributed by atoms with Crippen LogP contribution in [0.15, 0.2) is 42.5 Å². The summed E-state index contributed by atoms with van der Waals surface area (Å²) in [5, 5.41) is 0. The summed E-state index contributed by atoms with van der Waals surface area (Å²) < 4.78 is 17.1. The van der Waals surface area contributed by atoms with Gasteiger partial charge in [-0.2, -0.15) is 0 Å². The Morgan fingerprint density at radius 1 is 1.16 bits per heavy atom. The van der Waals surface area contributed by atoms with Gasteiger partial charge in [0, 0.05) is 29.7 Å². The largest absolute Gasteiger partial charge is 0.477 e. The Hall–Kier alpha value is -1.95. The average molecular weight is 340 g/mol. The Balaban J connectivity index is 1.46. The zero-order valence-electron chi connectivity index (χ0n) is 14.6. The lowest BCUT2D eigenvalue weighted by Gasteiger charge is -2.13. The van der Waals surface area contributed by atoms with E-state index in [2.05, 4.69) is 29.1 Å². The summed E-state index contributed by atoms with van der Waals surface area (Å²) in [5.74, 6) is 1.28. The van der Waals surface area contributed by atoms with E-state index >= 15 is 0 Å². The quantitative estimate of drug-likeness (QED) is 0.837. The number of ether oxygens (including phenoxy) is 3. The SMILES string of the molecule is CN1CC[C@@H](COc2cccc(-c3cccc(C4OCCO4)c3)n2)C1. The zero-order chi connectivity index (χ0) is 17.1. The predicted octanol–water partition coefficient (Wildman–Crippen LogP) is 3.12. The number of nitrogens with zero attached hydrogens (tertiary/aromatic N) is 2. The summed E-state index contributed by atoms with van der Waals surface area (Å²) in [6.07, 6.45) is 0.929. The number of pyridine rings is 1. The molecule has 5 nitrogen and oxygen atoms in total. The smallest absolute Gasteiger partial charge is 0.213 e. The second kappa shape index (κ2) is 7.52. The van der Waals surface area contributed by atoms with Crippen LogP contribution in [0, 0.1) is 5.92 Å². The van der Waals surface area contributed by atoms with Crippen molar-refractivity contribution in [1.29, 1.82) is 0 Å². The molecule has 0 unspecified atom stereocenters. The lowest BCUT2D eigenvalue weighted by molar-refractivity contribution is -0.0440. The molecule has 0 amide bonds. The highest BCUT2D eigenvalue weighted by molar-refractivity contribution is 5.60. The van der Waals surface area contributed by atoms with Crippen molar-refractivity contribution in [2.75, 3.05) is 40.0 Å². The maximum Gasteiger partial charge on any atom is 0.213 e. The van der Waals surface area contributed by atoms with Crippen LogP contribution in [0.3, 0.4) is 0 Å². The minimum atomic E-state index is -0.265. The van der Waals surface area contributed by atoms with Crippen LogP contribution in [-0.4, -0.2) is 49.8 Å². The number of hydrogen-bond donors (Lipinski definition) is 0. The summed E-state index contributed by atoms with van der Waals surface area (Å²) >= 11 is 0. The summed E-state index contributed by atoms with van der Waals surface area (Å²) in [6.45, 7) is 4.27. The van der Waals surface area contributed by atoms with Gasteiger partial charge in [-0.1, -0.05) is 24.3 Å². The first kappa shape index (κ1) is 16.5. The van der Waals surface area contributed by atoms with Gasteiger partial charge in [-0.05, 0) is 32.1 Å². The summed E-state index contributed by atoms with van der Waals surface area (Å²) in [4.78, 5) is 7.02. The summed E-state index contributed by atoms with van der Waals surface area (Å²) in [7, 11) is 2.16. The minimum Gasteiger partial charge on any atom is -0.477 e. The molecule has 1 atom stereocenters. The van der Waals surface area contributed by atoms with Gasteiger partial charge in [0.05, 0.1) is 25.5 Å². The minimum absolute atomic E-state index is 0.265. The molecule has 2 fully saturated rings. The predicted molar refractivity (Wildman–Crippen MR) is 95.4 cm³/mol. The summed E-state index contributed by atoms with van der Waals surface area (Å²) in [6, 6.07) is 14.1. The normalized spacial score (nSPS) is 21.7. The lowest BCUT2D eigenvalue weighted by Crippen LogP contribution is -2.18. The molecule has 0 saturated carbocycles. The molecule has 4 rings (SSSR count). The zero-order valence-corrected chi connectivity index (χ0v) is 14.6. The third-order valence-corrected chi connectivity index (χ3v) is 4.76. The molecule has 0 N–H and O–H groups in total. The molecule has 0 radical (unpaired) electrons. The van der Waals surface area contributed by atoms with E-state index in [1.807, 2.05) is 30.3 Å². The average Bonchev–Trinajstić information content (AvgIpc) is 3.32. The van der Waals surface area contributed by atoms with Crippen molar-refractivity contribution in [1.82, 2.24) is 9.88 Å². The number of aromatic nitrogens is 1. The first-order valence-corrected chi connectivity index (χ1v) is 8.90. The van der Waals surface area contributed by atoms with Gasteiger partial charge < -0.3 is 19.1 Å². The second-order valence-corrected chi connectivity index (χ2v) is 6.79. The fourth-order valence-electron chi connectivity index (χ4n) is 3.42. The fourth-order valence-corrected chi connectivity index (χ4v) is 3.42. The molecule has 2 aliphatic heterocycles. The molecule has 1 aromatic carbocycles. The van der Waals surface area contributed by atoms with Crippen LogP contribution in [-0.2, 0) is 9.47 Å². The Bertz CT molecular complexity index is 716. The van der Waals surface area contributed by atoms with Gasteiger partial charge in [0.15, 0.2) is 6.29 Å². The molecule has 2 aromatic rings. The molecule has 2 saturated heterocycles. The molecule has 0 spiro atoms. The van der Waals surface area contributed by atoms with Crippen LogP contribution >= 0.6 is 0 Å². The summed E-state index contributed by atoms with van der Waals surface area (Å²) in [5.41, 5.74) is 2.97. The van der Waals surface area contributed by atoms with Crippen LogP contribution in [0.25, 0.3) is 11.3 Å². The van der Waals surface area contributed by atoms with Crippen molar-refractivity contribution in [3.63, 3.8) is 0 Å². The van der Waals surface area contributed by atoms with E-state index in [-0.39, 0.29) is 6.29 Å². The van der Waals surface area contributed by atoms with Gasteiger partial charge >= 0.3 is 0 Å². The van der Waals surface area contributed by atoms with E-state index in [0.29, 0.717) is 25.0 Å². The van der Waals surface area contributed by atoms with Gasteiger partial charge in [-0.3, -0.25) is 0 Å². The van der Waals surface area contributed by atoms with Crippen molar-refractivity contribution in [3.8, 4) is 17.1 Å². The first-order valence-electron chi connectivity index (χ1n) is 8.90. The van der Waals surface area contributed by atoms with E-state index in [1.54, 1.807) is 0 Å². The van der Waals surface area contributed by atoms with E-state index in [9.17, 15) is 0 Å². The highest BCUT2D eigenvalue weighted by Gasteiger charge is 2.20. The van der Waals surface area contributed by atoms with Crippen molar-refractivity contribution >= 4 is 0 Å². The second-order valence-electron chi connectivity index (χ2n) is 6.79. The Morgan fingerprint density at radius 2 is 2.00 bits per heavy atom. The van der Waals surface area contributed by atoms with Crippen molar-refractivity contribution in [3.05, 3.63) is 48.0 Å². The van der Waals surface area contributed by atoms with Crippen LogP contribution in [0.1, 0.15) is 18.3 Å². The third-order valence-electron chi connectivity index (χ3n) is 4.76. The van der Waals surface area contributed by atoms with Crippen LogP contribution in [0.4, 0.5) is 0 Å². The highest BCUT2D eigenvalue weighted by atomic mass is 16.7. The van der Waals surface area contributed by atoms with E-state index in [4.69, 9.17) is 14.2 Å². The molecular formula is C20H24N2O3. The number of rotatable bonds is 5. The van der Waals surface area contributed by atoms with E-state index in [0.717, 1.165) is 36.5 Å². The van der Waals surface area contributed by atoms with E-state index in [1.165, 1.54) is 6.42 Å². The maximum absolute atomic E-state index is 5.94. The topological polar surface area (TPSA) is 43.8 Å². The fraction of sp³-hybridized carbons (Fsp3) is 0.450. The third kappa shape index (κ3) is 4.00. The van der Waals surface area contributed by atoms with Gasteiger partial charge in [0.2, 0.25) is 5.88 Å². The van der Waals surface area contributed by atoms with Crippen molar-refractivity contribution in [2.45, 2.75) is 12.7 Å². The van der Waals surface area contributed by atoms with Crippen LogP contribution < -0.4 is 4.74 Å². The van der Waals surface area contributed by atoms with Gasteiger partial charge in [-0.25, -0.2) is 4.98 Å². The van der Waals surface area contributed by atoms with Gasteiger partial charge in [0.25, 0.3) is 0 Å². The molecule has 2 aliphatic rings. The maximum atomic E-state index is 5.94. The molecule has 0 aliphatic carbocycles. The van der Waals surface area contributed by atoms with Crippen LogP contribution in [0.5, 0.6) is 5.88 Å². The van der Waals surface area contributed by atoms with Gasteiger partial charge in [0.1, 0.15) is 0 Å². The molecule has 132 valence electrons. The number of likely N-dealkylation sites (tertiary alicyclic amines) is 1. The molecular weight excluding hydrogens is 316 g/mol. The lowest BCUT2D eigenvalue weighted by atomic mass is 10.1. The molecule has 1 aromatic heterocycles. The highest BCUT2D eigenvalue weighted by Crippen LogP contribution is 2.28. The molecule has 3 heterocycles. The molecule has 0 bridgehead atoms.